The number of alkyl halides is 2. The fourth-order valence-corrected chi connectivity index (χ4v) is 14.1. The number of phosphoric ester groups is 2. The van der Waals surface area contributed by atoms with Crippen LogP contribution in [0, 0.1) is 0 Å². The van der Waals surface area contributed by atoms with E-state index < -0.39 is 113 Å². The van der Waals surface area contributed by atoms with E-state index in [9.17, 15) is 62.0 Å². The third-order valence-corrected chi connectivity index (χ3v) is 18.0. The van der Waals surface area contributed by atoms with Crippen molar-refractivity contribution in [1.82, 2.24) is 15.1 Å². The van der Waals surface area contributed by atoms with Crippen LogP contribution in [0.1, 0.15) is 0 Å². The van der Waals surface area contributed by atoms with Crippen molar-refractivity contribution in [3.63, 3.8) is 0 Å². The number of nitrogens with zero attached hydrogens (tertiary/aromatic N) is 3. The number of hydrogen-bond acceptors (Lipinski definition) is 23. The summed E-state index contributed by atoms with van der Waals surface area (Å²) < 4.78 is 104. The van der Waals surface area contributed by atoms with Gasteiger partial charge in [0.05, 0.1) is 13.2 Å². The molecular formula is C24H41Cl2N5O25P6S2. The lowest BCUT2D eigenvalue weighted by Crippen LogP contribution is -2.48. The zero-order valence-electron chi connectivity index (χ0n) is 32.3. The number of hydrogen-bond donors (Lipinski definition) is 12. The van der Waals surface area contributed by atoms with Crippen LogP contribution >= 0.6 is 93.7 Å². The van der Waals surface area contributed by atoms with Gasteiger partial charge in [-0.15, -0.1) is 23.2 Å². The minimum atomic E-state index is -5.71. The molecule has 0 spiro atoms. The van der Waals surface area contributed by atoms with Crippen molar-refractivity contribution < 1.29 is 117 Å². The van der Waals surface area contributed by atoms with Crippen molar-refractivity contribution in [2.24, 2.45) is 10.7 Å². The van der Waals surface area contributed by atoms with Gasteiger partial charge in [0, 0.05) is 30.0 Å². The third kappa shape index (κ3) is 16.3. The van der Waals surface area contributed by atoms with Crippen LogP contribution in [0.3, 0.4) is 0 Å². The maximum absolute atomic E-state index is 12.1. The Kier molecular flexibility index (Phi) is 19.9. The molecular weight excluding hydrogens is 1080 g/mol. The van der Waals surface area contributed by atoms with Crippen LogP contribution in [0.15, 0.2) is 54.3 Å². The summed E-state index contributed by atoms with van der Waals surface area (Å²) in [5.74, 6) is -0.161. The third-order valence-electron chi connectivity index (χ3n) is 7.97. The molecule has 12 atom stereocenters. The number of halogens is 2. The fourth-order valence-electron chi connectivity index (χ4n) is 5.54. The van der Waals surface area contributed by atoms with E-state index in [1.807, 2.05) is 0 Å². The average Bonchev–Trinajstić information content (AvgIpc) is 3.48. The second-order valence-electron chi connectivity index (χ2n) is 12.9. The predicted octanol–water partition coefficient (Wildman–Crippen LogP) is 0.587. The molecule has 4 unspecified atom stereocenters. The van der Waals surface area contributed by atoms with Crippen molar-refractivity contribution in [3.05, 3.63) is 49.4 Å². The lowest BCUT2D eigenvalue weighted by molar-refractivity contribution is -0.124. The van der Waals surface area contributed by atoms with E-state index in [1.54, 1.807) is 12.5 Å². The molecule has 4 rings (SSSR count). The summed E-state index contributed by atoms with van der Waals surface area (Å²) in [7, 11) is -33.4. The van der Waals surface area contributed by atoms with E-state index in [0.717, 1.165) is 29.6 Å². The highest BCUT2D eigenvalue weighted by Crippen LogP contribution is 2.68. The molecule has 0 aliphatic carbocycles. The lowest BCUT2D eigenvalue weighted by Gasteiger charge is -2.34. The number of carbonyl (C=O) groups is 1. The van der Waals surface area contributed by atoms with E-state index in [0.29, 0.717) is 0 Å². The van der Waals surface area contributed by atoms with E-state index in [-0.39, 0.29) is 29.0 Å². The van der Waals surface area contributed by atoms with E-state index >= 15 is 0 Å². The monoisotopic (exact) mass is 1120 g/mol. The summed E-state index contributed by atoms with van der Waals surface area (Å²) in [4.78, 5) is 90.3. The summed E-state index contributed by atoms with van der Waals surface area (Å²) in [6, 6.07) is 0. The second-order valence-corrected chi connectivity index (χ2v) is 24.4. The maximum Gasteiger partial charge on any atom is 0.490 e. The summed E-state index contributed by atoms with van der Waals surface area (Å²) in [6.45, 7) is 5.56. The number of carbonyl (C=O) groups excluding carboxylic acids is 1. The molecule has 0 saturated carbocycles. The zero-order chi connectivity index (χ0) is 49.1. The molecule has 4 aliphatic rings. The average molecular weight is 1120 g/mol. The SMILES string of the molecule is C=C1N=C(N)C=CN1[C@@H]1O[C@@](COP(=O)(O)OP(=O)(O)OP(=O)(O)O)(CSC)[C@@H](O)[C@H]1Cl.C=C1NC(=O)C=CN1[C@@H]1O[C@@](COP(=O)(O)OP(=O)(O)OP(=O)(O)O)(CSC)[C@@H](O)[C@H]1Cl. The van der Waals surface area contributed by atoms with E-state index in [2.05, 4.69) is 49.8 Å². The molecule has 1 amide bonds. The molecule has 0 aromatic heterocycles. The van der Waals surface area contributed by atoms with Crippen LogP contribution in [0.5, 0.6) is 0 Å². The summed E-state index contributed by atoms with van der Waals surface area (Å²) in [5, 5.41) is 21.5. The van der Waals surface area contributed by atoms with Crippen molar-refractivity contribution in [2.75, 3.05) is 37.2 Å². The van der Waals surface area contributed by atoms with Crippen LogP contribution < -0.4 is 11.1 Å². The van der Waals surface area contributed by atoms with Crippen LogP contribution in [0.2, 0.25) is 0 Å². The largest absolute Gasteiger partial charge is 0.490 e. The van der Waals surface area contributed by atoms with Crippen LogP contribution in [-0.4, -0.2) is 155 Å². The number of rotatable bonds is 20. The highest BCUT2D eigenvalue weighted by atomic mass is 35.5. The number of nitrogens with two attached hydrogens (primary N) is 1. The Hall–Kier alpha value is -0.560. The van der Waals surface area contributed by atoms with Gasteiger partial charge in [-0.2, -0.15) is 40.8 Å². The number of ether oxygens (including phenoxy) is 2. The Balaban J connectivity index is 0.000000340. The van der Waals surface area contributed by atoms with Gasteiger partial charge in [0.15, 0.2) is 12.5 Å². The minimum Gasteiger partial charge on any atom is -0.388 e. The topological polar surface area (TPSA) is 453 Å². The highest BCUT2D eigenvalue weighted by molar-refractivity contribution is 7.98. The number of aliphatic hydroxyl groups excluding tert-OH is 2. The van der Waals surface area contributed by atoms with Gasteiger partial charge >= 0.3 is 46.9 Å². The van der Waals surface area contributed by atoms with Gasteiger partial charge in [0.25, 0.3) is 5.91 Å². The molecule has 2 fully saturated rings. The molecule has 0 aromatic rings. The maximum atomic E-state index is 12.1. The van der Waals surface area contributed by atoms with E-state index in [4.69, 9.17) is 58.0 Å². The summed E-state index contributed by atoms with van der Waals surface area (Å²) in [6.07, 6.45) is 3.37. The van der Waals surface area contributed by atoms with Crippen molar-refractivity contribution in [3.8, 4) is 0 Å². The first-order valence-electron chi connectivity index (χ1n) is 16.5. The molecule has 4 heterocycles. The summed E-state index contributed by atoms with van der Waals surface area (Å²) in [5.41, 5.74) is 2.12. The standard InChI is InChI=1S/C12H21ClN3O12P3S.C12H20ClN2O13P3S/c1-7-15-8(14)3-4-16(7)11-9(13)10(17)12(26-11,6-32-2)5-25-30(21,22)28-31(23,24)27-29(18,19)20;1-7-14-8(16)3-4-15(7)11-9(13)10(17)12(26-11,6-32-2)5-25-30(21,22)28-31(23,24)27-29(18,19)20/h3-4,9-11,17H,1,5-6H2,2H3,(H2,14,15)(H,21,22)(H,23,24)(H2,18,19,20);3-4,9-11,17H,1,5-6H2,2H3,(H,14,16)(H,21,22)(H,23,24)(H2,18,19,20)/t2*9-,10+,11-,12+/m11/s1. The first kappa shape index (κ1) is 57.8. The molecule has 0 radical (unpaired) electrons. The molecule has 0 bridgehead atoms. The number of amidine groups is 1. The molecule has 40 heteroatoms. The van der Waals surface area contributed by atoms with Gasteiger partial charge in [0.2, 0.25) is 0 Å². The first-order valence-corrected chi connectivity index (χ1v) is 29.2. The molecule has 0 aromatic carbocycles. The Morgan fingerprint density at radius 1 is 0.734 bits per heavy atom. The molecule has 4 aliphatic heterocycles. The van der Waals surface area contributed by atoms with Gasteiger partial charge in [-0.25, -0.2) is 32.4 Å². The smallest absolute Gasteiger partial charge is 0.388 e. The molecule has 30 nitrogen and oxygen atoms in total. The van der Waals surface area contributed by atoms with Gasteiger partial charge < -0.3 is 79.7 Å². The van der Waals surface area contributed by atoms with Crippen molar-refractivity contribution >= 4 is 105 Å². The Labute approximate surface area is 380 Å². The number of amides is 1. The molecule has 368 valence electrons. The number of phosphoric acid groups is 6. The van der Waals surface area contributed by atoms with E-state index in [1.165, 1.54) is 28.3 Å². The number of nitrogens with one attached hydrogen (secondary N) is 1. The Morgan fingerprint density at radius 3 is 1.48 bits per heavy atom. The molecule has 64 heavy (non-hydrogen) atoms. The van der Waals surface area contributed by atoms with Crippen LogP contribution in [0.25, 0.3) is 0 Å². The Morgan fingerprint density at radius 2 is 1.12 bits per heavy atom. The minimum absolute atomic E-state index is 0.0287. The summed E-state index contributed by atoms with van der Waals surface area (Å²) >= 11 is 14.9. The van der Waals surface area contributed by atoms with Gasteiger partial charge in [-0.1, -0.05) is 13.2 Å². The highest BCUT2D eigenvalue weighted by Gasteiger charge is 2.59. The molecule has 13 N–H and O–H groups in total. The van der Waals surface area contributed by atoms with Crippen LogP contribution in [-0.2, 0) is 67.9 Å². The van der Waals surface area contributed by atoms with Gasteiger partial charge in [0.1, 0.15) is 51.6 Å². The van der Waals surface area contributed by atoms with Gasteiger partial charge in [-0.05, 0) is 18.6 Å². The quantitative estimate of drug-likeness (QED) is 0.0586. The second kappa shape index (κ2) is 22.0. The number of aliphatic imine (C=N–C) groups is 1. The predicted molar refractivity (Wildman–Crippen MR) is 223 cm³/mol. The lowest BCUT2D eigenvalue weighted by atomic mass is 10.00. The Bertz CT molecular complexity index is 2170. The van der Waals surface area contributed by atoms with Crippen molar-refractivity contribution in [2.45, 2.75) is 46.6 Å². The number of aliphatic hydroxyl groups is 2. The molecule has 2 saturated heterocycles. The number of thioether (sulfide) groups is 2. The fraction of sp³-hybridized carbons (Fsp3) is 0.583. The zero-order valence-corrected chi connectivity index (χ0v) is 40.8. The van der Waals surface area contributed by atoms with Gasteiger partial charge in [-0.3, -0.25) is 13.8 Å². The van der Waals surface area contributed by atoms with Crippen molar-refractivity contribution in [1.29, 1.82) is 0 Å². The first-order chi connectivity index (χ1) is 29.0. The normalized spacial score (nSPS) is 32.5. The van der Waals surface area contributed by atoms with Crippen LogP contribution in [0.4, 0.5) is 0 Å².